The van der Waals surface area contributed by atoms with Crippen molar-refractivity contribution in [3.8, 4) is 5.75 Å². The second kappa shape index (κ2) is 11.7. The molecule has 30 heavy (non-hydrogen) atoms. The van der Waals surface area contributed by atoms with Gasteiger partial charge < -0.3 is 29.2 Å². The molecule has 0 atom stereocenters. The van der Waals surface area contributed by atoms with Crippen LogP contribution in [-0.2, 0) is 23.1 Å². The fourth-order valence-electron chi connectivity index (χ4n) is 2.86. The Hall–Kier alpha value is -3.26. The summed E-state index contributed by atoms with van der Waals surface area (Å²) >= 11 is 0. The van der Waals surface area contributed by atoms with Crippen molar-refractivity contribution in [3.63, 3.8) is 0 Å². The maximum Gasteiger partial charge on any atom is 0.322 e. The lowest BCUT2D eigenvalue weighted by molar-refractivity contribution is -0.133. The molecule has 2 aromatic rings. The lowest BCUT2D eigenvalue weighted by atomic mass is 10.3. The number of benzene rings is 1. The van der Waals surface area contributed by atoms with E-state index in [1.807, 2.05) is 29.9 Å². The van der Waals surface area contributed by atoms with E-state index in [0.29, 0.717) is 31.1 Å². The first-order chi connectivity index (χ1) is 14.5. The zero-order valence-electron chi connectivity index (χ0n) is 17.8. The highest BCUT2D eigenvalue weighted by Gasteiger charge is 2.21. The van der Waals surface area contributed by atoms with E-state index >= 15 is 0 Å². The van der Waals surface area contributed by atoms with Crippen LogP contribution in [0, 0.1) is 0 Å². The van der Waals surface area contributed by atoms with Gasteiger partial charge in [0.2, 0.25) is 5.91 Å². The molecule has 1 aromatic carbocycles. The first-order valence-corrected chi connectivity index (χ1v) is 9.66. The average molecular weight is 415 g/mol. The third-order valence-corrected chi connectivity index (χ3v) is 4.63. The molecule has 0 saturated heterocycles. The molecule has 0 aliphatic heterocycles. The van der Waals surface area contributed by atoms with E-state index in [0.717, 1.165) is 5.69 Å². The lowest BCUT2D eigenvalue weighted by Gasteiger charge is -2.27. The van der Waals surface area contributed by atoms with Gasteiger partial charge in [-0.3, -0.25) is 4.79 Å². The highest BCUT2D eigenvalue weighted by atomic mass is 16.5. The Kier molecular flexibility index (Phi) is 8.96. The van der Waals surface area contributed by atoms with Gasteiger partial charge in [-0.05, 0) is 36.4 Å². The maximum absolute atomic E-state index is 13.0. The van der Waals surface area contributed by atoms with Crippen molar-refractivity contribution < 1.29 is 19.1 Å². The lowest BCUT2D eigenvalue weighted by Crippen LogP contribution is -2.45. The molecule has 0 spiro atoms. The number of aryl methyl sites for hydroxylation is 1. The molecule has 0 radical (unpaired) electrons. The number of anilines is 1. The molecule has 1 aromatic heterocycles. The van der Waals surface area contributed by atoms with E-state index in [-0.39, 0.29) is 25.0 Å². The predicted molar refractivity (Wildman–Crippen MR) is 116 cm³/mol. The zero-order chi connectivity index (χ0) is 21.9. The number of nitrogens with zero attached hydrogens (tertiary/aromatic N) is 3. The van der Waals surface area contributed by atoms with Crippen LogP contribution in [0.15, 0.2) is 55.3 Å². The number of ether oxygens (including phenoxy) is 2. The number of carbonyl (C=O) groups is 2. The van der Waals surface area contributed by atoms with Gasteiger partial charge in [0.05, 0.1) is 20.3 Å². The Morgan fingerprint density at radius 1 is 1.17 bits per heavy atom. The molecule has 8 nitrogen and oxygen atoms in total. The molecule has 0 saturated carbocycles. The van der Waals surface area contributed by atoms with Gasteiger partial charge >= 0.3 is 6.03 Å². The minimum Gasteiger partial charge on any atom is -0.497 e. The van der Waals surface area contributed by atoms with Gasteiger partial charge in [0.1, 0.15) is 12.3 Å². The van der Waals surface area contributed by atoms with Crippen molar-refractivity contribution in [1.82, 2.24) is 14.4 Å². The van der Waals surface area contributed by atoms with Crippen molar-refractivity contribution in [2.45, 2.75) is 6.54 Å². The third kappa shape index (κ3) is 6.66. The zero-order valence-corrected chi connectivity index (χ0v) is 17.8. The molecule has 0 bridgehead atoms. The summed E-state index contributed by atoms with van der Waals surface area (Å²) in [6.45, 7) is 5.16. The minimum atomic E-state index is -0.376. The number of rotatable bonds is 11. The van der Waals surface area contributed by atoms with E-state index in [1.54, 1.807) is 49.5 Å². The fourth-order valence-corrected chi connectivity index (χ4v) is 2.86. The number of urea groups is 1. The quantitative estimate of drug-likeness (QED) is 0.574. The number of amides is 3. The SMILES string of the molecule is C=CCN(CC(=O)N(CCOC)Cc1cccn1C)C(=O)Nc1ccc(OC)cc1. The van der Waals surface area contributed by atoms with Gasteiger partial charge in [-0.2, -0.15) is 0 Å². The summed E-state index contributed by atoms with van der Waals surface area (Å²) in [6, 6.07) is 10.5. The van der Waals surface area contributed by atoms with Crippen molar-refractivity contribution >= 4 is 17.6 Å². The minimum absolute atomic E-state index is 0.0673. The molecular formula is C22H30N4O4. The number of methoxy groups -OCH3 is 2. The topological polar surface area (TPSA) is 76.0 Å². The van der Waals surface area contributed by atoms with Gasteiger partial charge in [-0.1, -0.05) is 6.08 Å². The Balaban J connectivity index is 2.06. The monoisotopic (exact) mass is 414 g/mol. The third-order valence-electron chi connectivity index (χ3n) is 4.63. The van der Waals surface area contributed by atoms with Crippen LogP contribution in [0.1, 0.15) is 5.69 Å². The van der Waals surface area contributed by atoms with Crippen LogP contribution in [0.2, 0.25) is 0 Å². The van der Waals surface area contributed by atoms with E-state index < -0.39 is 0 Å². The van der Waals surface area contributed by atoms with Gasteiger partial charge in [-0.25, -0.2) is 4.79 Å². The Labute approximate surface area is 177 Å². The summed E-state index contributed by atoms with van der Waals surface area (Å²) in [5, 5.41) is 2.80. The fraction of sp³-hybridized carbons (Fsp3) is 0.364. The molecule has 1 heterocycles. The van der Waals surface area contributed by atoms with Crippen molar-refractivity contribution in [3.05, 3.63) is 60.9 Å². The summed E-state index contributed by atoms with van der Waals surface area (Å²) in [5.41, 5.74) is 1.61. The van der Waals surface area contributed by atoms with Gasteiger partial charge in [0.15, 0.2) is 0 Å². The van der Waals surface area contributed by atoms with Crippen LogP contribution in [-0.4, -0.2) is 66.8 Å². The van der Waals surface area contributed by atoms with Gasteiger partial charge in [-0.15, -0.1) is 6.58 Å². The van der Waals surface area contributed by atoms with Crippen LogP contribution < -0.4 is 10.1 Å². The summed E-state index contributed by atoms with van der Waals surface area (Å²) in [5.74, 6) is 0.528. The highest BCUT2D eigenvalue weighted by molar-refractivity contribution is 5.92. The van der Waals surface area contributed by atoms with Crippen LogP contribution in [0.25, 0.3) is 0 Å². The van der Waals surface area contributed by atoms with E-state index in [4.69, 9.17) is 9.47 Å². The first-order valence-electron chi connectivity index (χ1n) is 9.66. The standard InChI is InChI=1S/C22H30N4O4/c1-5-12-26(22(28)23-18-8-10-20(30-4)11-9-18)17-21(27)25(14-15-29-3)16-19-7-6-13-24(19)2/h5-11,13H,1,12,14-17H2,2-4H3,(H,23,28). The second-order valence-electron chi connectivity index (χ2n) is 6.75. The largest absolute Gasteiger partial charge is 0.497 e. The molecule has 0 fully saturated rings. The predicted octanol–water partition coefficient (Wildman–Crippen LogP) is 2.73. The summed E-state index contributed by atoms with van der Waals surface area (Å²) < 4.78 is 12.2. The number of hydrogen-bond donors (Lipinski definition) is 1. The smallest absolute Gasteiger partial charge is 0.322 e. The molecule has 0 aliphatic carbocycles. The molecule has 0 unspecified atom stereocenters. The maximum atomic E-state index is 13.0. The summed E-state index contributed by atoms with van der Waals surface area (Å²) in [7, 11) is 5.11. The van der Waals surface area contributed by atoms with Gasteiger partial charge in [0.25, 0.3) is 0 Å². The Morgan fingerprint density at radius 3 is 2.47 bits per heavy atom. The van der Waals surface area contributed by atoms with E-state index in [9.17, 15) is 9.59 Å². The number of nitrogens with one attached hydrogen (secondary N) is 1. The second-order valence-corrected chi connectivity index (χ2v) is 6.75. The normalized spacial score (nSPS) is 10.4. The Morgan fingerprint density at radius 2 is 1.90 bits per heavy atom. The Bertz CT molecular complexity index is 832. The van der Waals surface area contributed by atoms with Gasteiger partial charge in [0, 0.05) is 44.8 Å². The van der Waals surface area contributed by atoms with Crippen molar-refractivity contribution in [1.29, 1.82) is 0 Å². The molecular weight excluding hydrogens is 384 g/mol. The highest BCUT2D eigenvalue weighted by Crippen LogP contribution is 2.15. The number of hydrogen-bond acceptors (Lipinski definition) is 4. The molecule has 0 aliphatic rings. The molecule has 1 N–H and O–H groups in total. The number of aromatic nitrogens is 1. The molecule has 3 amide bonds. The van der Waals surface area contributed by atoms with Crippen molar-refractivity contribution in [2.75, 3.05) is 45.8 Å². The van der Waals surface area contributed by atoms with E-state index in [1.165, 1.54) is 4.90 Å². The molecule has 162 valence electrons. The summed E-state index contributed by atoms with van der Waals surface area (Å²) in [6.07, 6.45) is 3.53. The van der Waals surface area contributed by atoms with Crippen molar-refractivity contribution in [2.24, 2.45) is 7.05 Å². The van der Waals surface area contributed by atoms with Crippen LogP contribution >= 0.6 is 0 Å². The van der Waals surface area contributed by atoms with E-state index in [2.05, 4.69) is 11.9 Å². The van der Waals surface area contributed by atoms with Crippen LogP contribution in [0.4, 0.5) is 10.5 Å². The van der Waals surface area contributed by atoms with Crippen LogP contribution in [0.5, 0.6) is 5.75 Å². The molecule has 8 heteroatoms. The first kappa shape index (κ1) is 23.0. The summed E-state index contributed by atoms with van der Waals surface area (Å²) in [4.78, 5) is 28.8. The van der Waals surface area contributed by atoms with Crippen LogP contribution in [0.3, 0.4) is 0 Å². The average Bonchev–Trinajstić information content (AvgIpc) is 3.15. The molecule has 2 rings (SSSR count). The number of carbonyl (C=O) groups excluding carboxylic acids is 2.